The Kier molecular flexibility index (Phi) is 6.17. The Morgan fingerprint density at radius 2 is 1.65 bits per heavy atom. The van der Waals surface area contributed by atoms with Crippen LogP contribution in [0.25, 0.3) is 6.08 Å². The molecule has 4 saturated carbocycles. The van der Waals surface area contributed by atoms with E-state index in [4.69, 9.17) is 9.47 Å². The molecule has 1 N–H and O–H groups in total. The largest absolute Gasteiger partial charge is 0.497 e. The Morgan fingerprint density at radius 3 is 2.19 bits per heavy atom. The number of ether oxygens (including phenoxy) is 2. The van der Waals surface area contributed by atoms with Gasteiger partial charge in [-0.15, -0.1) is 0 Å². The van der Waals surface area contributed by atoms with Crippen molar-refractivity contribution in [1.29, 1.82) is 0 Å². The second kappa shape index (κ2) is 8.85. The molecule has 6 nitrogen and oxygen atoms in total. The Bertz CT molecular complexity index is 837. The van der Waals surface area contributed by atoms with Gasteiger partial charge >= 0.3 is 5.97 Å². The summed E-state index contributed by atoms with van der Waals surface area (Å²) in [6.07, 6.45) is 9.68. The molecule has 166 valence electrons. The fourth-order valence-electron chi connectivity index (χ4n) is 6.07. The van der Waals surface area contributed by atoms with E-state index < -0.39 is 17.9 Å². The van der Waals surface area contributed by atoms with Gasteiger partial charge in [-0.3, -0.25) is 9.59 Å². The second-order valence-corrected chi connectivity index (χ2v) is 9.57. The molecule has 31 heavy (non-hydrogen) atoms. The summed E-state index contributed by atoms with van der Waals surface area (Å²) in [7, 11) is 1.59. The summed E-state index contributed by atoms with van der Waals surface area (Å²) in [5.74, 6) is 1.83. The zero-order chi connectivity index (χ0) is 22.0. The standard InChI is InChI=1S/C25H31NO5/c1-16(26-23(28)8-5-17-3-6-21(30-2)7-4-17)24(29)31-15-22(27)25-12-18-9-19(13-25)11-20(10-18)14-25/h3-8,16,18-20H,9-15H2,1-2H3,(H,26,28)/b8-5+/t16-,18?,19?,20?,25?/m0/s1. The number of carbonyl (C=O) groups is 3. The van der Waals surface area contributed by atoms with Crippen LogP contribution >= 0.6 is 0 Å². The van der Waals surface area contributed by atoms with Crippen molar-refractivity contribution in [1.82, 2.24) is 5.32 Å². The average molecular weight is 426 g/mol. The normalized spacial score (nSPS) is 29.5. The minimum absolute atomic E-state index is 0.0675. The molecule has 0 aliphatic heterocycles. The zero-order valence-corrected chi connectivity index (χ0v) is 18.3. The number of hydrogen-bond acceptors (Lipinski definition) is 5. The predicted octanol–water partition coefficient (Wildman–Crippen LogP) is 3.54. The van der Waals surface area contributed by atoms with Crippen LogP contribution in [0.3, 0.4) is 0 Å². The highest BCUT2D eigenvalue weighted by molar-refractivity contribution is 5.95. The van der Waals surface area contributed by atoms with Crippen molar-refractivity contribution in [3.8, 4) is 5.75 Å². The Balaban J connectivity index is 1.24. The predicted molar refractivity (Wildman–Crippen MR) is 116 cm³/mol. The number of Topliss-reactive ketones (excluding diaryl/α,β-unsaturated/α-hetero) is 1. The number of nitrogens with one attached hydrogen (secondary N) is 1. The fraction of sp³-hybridized carbons (Fsp3) is 0.560. The first-order valence-electron chi connectivity index (χ1n) is 11.2. The maximum Gasteiger partial charge on any atom is 0.328 e. The van der Waals surface area contributed by atoms with Gasteiger partial charge in [-0.05, 0) is 87.0 Å². The molecule has 4 aliphatic rings. The third-order valence-electron chi connectivity index (χ3n) is 7.23. The monoisotopic (exact) mass is 425 g/mol. The molecule has 5 rings (SSSR count). The molecule has 1 atom stereocenters. The summed E-state index contributed by atoms with van der Waals surface area (Å²) in [6, 6.07) is 6.45. The molecular weight excluding hydrogens is 394 g/mol. The SMILES string of the molecule is COc1ccc(/C=C/C(=O)N[C@@H](C)C(=O)OCC(=O)C23CC4CC(CC(C4)C2)C3)cc1. The van der Waals surface area contributed by atoms with E-state index in [0.29, 0.717) is 17.8 Å². The summed E-state index contributed by atoms with van der Waals surface area (Å²) in [5, 5.41) is 2.60. The van der Waals surface area contributed by atoms with E-state index in [9.17, 15) is 14.4 Å². The molecule has 1 aromatic carbocycles. The van der Waals surface area contributed by atoms with Gasteiger partial charge in [0.15, 0.2) is 12.4 Å². The number of esters is 1. The highest BCUT2D eigenvalue weighted by atomic mass is 16.5. The van der Waals surface area contributed by atoms with E-state index in [0.717, 1.165) is 30.6 Å². The molecule has 4 fully saturated rings. The van der Waals surface area contributed by atoms with Crippen LogP contribution in [0.15, 0.2) is 30.3 Å². The maximum absolute atomic E-state index is 13.0. The number of methoxy groups -OCH3 is 1. The van der Waals surface area contributed by atoms with Crippen LogP contribution in [0.2, 0.25) is 0 Å². The van der Waals surface area contributed by atoms with Gasteiger partial charge in [-0.2, -0.15) is 0 Å². The van der Waals surface area contributed by atoms with Crippen molar-refractivity contribution >= 4 is 23.7 Å². The fourth-order valence-corrected chi connectivity index (χ4v) is 6.07. The van der Waals surface area contributed by atoms with Crippen LogP contribution in [0.4, 0.5) is 0 Å². The van der Waals surface area contributed by atoms with Gasteiger partial charge < -0.3 is 14.8 Å². The second-order valence-electron chi connectivity index (χ2n) is 9.57. The number of rotatable bonds is 8. The minimum atomic E-state index is -0.822. The lowest BCUT2D eigenvalue weighted by atomic mass is 9.48. The first-order chi connectivity index (χ1) is 14.9. The number of hydrogen-bond donors (Lipinski definition) is 1. The summed E-state index contributed by atoms with van der Waals surface area (Å²) >= 11 is 0. The van der Waals surface area contributed by atoms with Crippen molar-refractivity contribution in [3.63, 3.8) is 0 Å². The van der Waals surface area contributed by atoms with Crippen LogP contribution in [0, 0.1) is 23.2 Å². The summed E-state index contributed by atoms with van der Waals surface area (Å²) in [4.78, 5) is 37.4. The first kappa shape index (κ1) is 21.6. The zero-order valence-electron chi connectivity index (χ0n) is 18.3. The quantitative estimate of drug-likeness (QED) is 0.509. The van der Waals surface area contributed by atoms with Gasteiger partial charge in [0.05, 0.1) is 7.11 Å². The summed E-state index contributed by atoms with van der Waals surface area (Å²) in [6.45, 7) is 1.38. The van der Waals surface area contributed by atoms with E-state index in [1.54, 1.807) is 32.2 Å². The smallest absolute Gasteiger partial charge is 0.328 e. The molecule has 4 aliphatic carbocycles. The molecule has 0 unspecified atom stereocenters. The molecular formula is C25H31NO5. The maximum atomic E-state index is 13.0. The molecule has 1 aromatic rings. The Hall–Kier alpha value is -2.63. The molecule has 0 aromatic heterocycles. The number of carbonyl (C=O) groups excluding carboxylic acids is 3. The lowest BCUT2D eigenvalue weighted by Gasteiger charge is -2.55. The number of amides is 1. The highest BCUT2D eigenvalue weighted by Crippen LogP contribution is 2.60. The molecule has 0 heterocycles. The van der Waals surface area contributed by atoms with Gasteiger partial charge in [0.1, 0.15) is 11.8 Å². The molecule has 6 heteroatoms. The van der Waals surface area contributed by atoms with Crippen LogP contribution < -0.4 is 10.1 Å². The van der Waals surface area contributed by atoms with Crippen molar-refractivity contribution in [3.05, 3.63) is 35.9 Å². The van der Waals surface area contributed by atoms with Gasteiger partial charge in [0, 0.05) is 11.5 Å². The van der Waals surface area contributed by atoms with E-state index in [1.807, 2.05) is 12.1 Å². The third kappa shape index (κ3) is 4.83. The Labute approximate surface area is 183 Å². The van der Waals surface area contributed by atoms with E-state index >= 15 is 0 Å². The van der Waals surface area contributed by atoms with Gasteiger partial charge in [-0.1, -0.05) is 12.1 Å². The van der Waals surface area contributed by atoms with Gasteiger partial charge in [-0.25, -0.2) is 4.79 Å². The number of benzene rings is 1. The topological polar surface area (TPSA) is 81.7 Å². The van der Waals surface area contributed by atoms with Crippen molar-refractivity contribution in [2.45, 2.75) is 51.5 Å². The highest BCUT2D eigenvalue weighted by Gasteiger charge is 2.54. The summed E-state index contributed by atoms with van der Waals surface area (Å²) in [5.41, 5.74) is 0.565. The summed E-state index contributed by atoms with van der Waals surface area (Å²) < 4.78 is 10.4. The molecule has 0 spiro atoms. The molecule has 1 amide bonds. The van der Waals surface area contributed by atoms with Crippen LogP contribution in [-0.2, 0) is 19.1 Å². The minimum Gasteiger partial charge on any atom is -0.497 e. The van der Waals surface area contributed by atoms with Gasteiger partial charge in [0.25, 0.3) is 0 Å². The third-order valence-corrected chi connectivity index (χ3v) is 7.23. The molecule has 0 radical (unpaired) electrons. The van der Waals surface area contributed by atoms with Crippen LogP contribution in [0.5, 0.6) is 5.75 Å². The van der Waals surface area contributed by atoms with Crippen LogP contribution in [-0.4, -0.2) is 37.4 Å². The van der Waals surface area contributed by atoms with Crippen LogP contribution in [0.1, 0.15) is 51.0 Å². The van der Waals surface area contributed by atoms with Crippen molar-refractivity contribution in [2.75, 3.05) is 13.7 Å². The van der Waals surface area contributed by atoms with Gasteiger partial charge in [0.2, 0.25) is 5.91 Å². The van der Waals surface area contributed by atoms with E-state index in [-0.39, 0.29) is 17.8 Å². The van der Waals surface area contributed by atoms with Crippen molar-refractivity contribution < 1.29 is 23.9 Å². The van der Waals surface area contributed by atoms with Crippen molar-refractivity contribution in [2.24, 2.45) is 23.2 Å². The van der Waals surface area contributed by atoms with E-state index in [1.165, 1.54) is 25.3 Å². The lowest BCUT2D eigenvalue weighted by Crippen LogP contribution is -2.51. The average Bonchev–Trinajstić information content (AvgIpc) is 2.75. The Morgan fingerprint density at radius 1 is 1.06 bits per heavy atom. The lowest BCUT2D eigenvalue weighted by molar-refractivity contribution is -0.159. The molecule has 4 bridgehead atoms. The first-order valence-corrected chi connectivity index (χ1v) is 11.2. The van der Waals surface area contributed by atoms with E-state index in [2.05, 4.69) is 5.32 Å². The molecule has 0 saturated heterocycles. The number of ketones is 1.